The van der Waals surface area contributed by atoms with Crippen LogP contribution in [0.3, 0.4) is 0 Å². The third-order valence-electron chi connectivity index (χ3n) is 4.05. The minimum absolute atomic E-state index is 0.148. The van der Waals surface area contributed by atoms with E-state index in [1.165, 1.54) is 6.42 Å². The fourth-order valence-corrected chi connectivity index (χ4v) is 2.50. The third-order valence-corrected chi connectivity index (χ3v) is 4.05. The average Bonchev–Trinajstić information content (AvgIpc) is 2.76. The number of aliphatic hydroxyl groups is 1. The quantitative estimate of drug-likeness (QED) is 0.132. The third kappa shape index (κ3) is 29.8. The Morgan fingerprint density at radius 1 is 0.788 bits per heavy atom. The van der Waals surface area contributed by atoms with E-state index in [9.17, 15) is 14.7 Å². The Morgan fingerprint density at radius 2 is 1.24 bits per heavy atom. The summed E-state index contributed by atoms with van der Waals surface area (Å²) in [6.07, 6.45) is 28.3. The van der Waals surface area contributed by atoms with Gasteiger partial charge >= 0.3 is 11.9 Å². The minimum Gasteiger partial charge on any atom is -0.393 e. The number of nitrogens with two attached hydrogens (primary N) is 1. The van der Waals surface area contributed by atoms with Crippen LogP contribution in [0.4, 0.5) is 0 Å². The molecule has 5 heteroatoms. The molecule has 0 heterocycles. The second-order valence-corrected chi connectivity index (χ2v) is 7.66. The monoisotopic (exact) mass is 462 g/mol. The number of quaternary nitrogens is 1. The highest BCUT2D eigenvalue weighted by molar-refractivity contribution is 5.85. The van der Waals surface area contributed by atoms with E-state index in [0.29, 0.717) is 13.0 Å². The van der Waals surface area contributed by atoms with Crippen molar-refractivity contribution in [1.29, 1.82) is 0 Å². The summed E-state index contributed by atoms with van der Waals surface area (Å²) in [4.78, 5) is 23.0. The topological polar surface area (TPSA) is 80.2 Å². The van der Waals surface area contributed by atoms with Gasteiger partial charge in [-0.15, -0.1) is 0 Å². The lowest BCUT2D eigenvalue weighted by Gasteiger charge is -2.06. The summed E-state index contributed by atoms with van der Waals surface area (Å²) in [6.45, 7) is 6.80. The van der Waals surface area contributed by atoms with Crippen LogP contribution in [0.15, 0.2) is 60.8 Å². The summed E-state index contributed by atoms with van der Waals surface area (Å²) >= 11 is 0. The van der Waals surface area contributed by atoms with Crippen LogP contribution < -0.4 is 5.32 Å². The first-order valence-corrected chi connectivity index (χ1v) is 12.5. The summed E-state index contributed by atoms with van der Waals surface area (Å²) in [6, 6.07) is 0. The van der Waals surface area contributed by atoms with Crippen molar-refractivity contribution in [3.05, 3.63) is 60.8 Å². The molecule has 0 amide bonds. The van der Waals surface area contributed by atoms with Crippen molar-refractivity contribution in [1.82, 2.24) is 0 Å². The number of ether oxygens (including phenoxy) is 1. The molecule has 1 atom stereocenters. The van der Waals surface area contributed by atoms with E-state index >= 15 is 0 Å². The average molecular weight is 463 g/mol. The first-order chi connectivity index (χ1) is 16.0. The molecule has 5 nitrogen and oxygen atoms in total. The number of rotatable bonds is 17. The Bertz CT molecular complexity index is 603. The lowest BCUT2D eigenvalue weighted by Crippen LogP contribution is -2.82. The Balaban J connectivity index is 0. The Morgan fingerprint density at radius 3 is 1.70 bits per heavy atom. The van der Waals surface area contributed by atoms with Crippen LogP contribution in [0.2, 0.25) is 0 Å². The summed E-state index contributed by atoms with van der Waals surface area (Å²) in [7, 11) is 1.80. The van der Waals surface area contributed by atoms with Crippen LogP contribution in [0, 0.1) is 0 Å². The van der Waals surface area contributed by atoms with Crippen LogP contribution in [-0.4, -0.2) is 36.7 Å². The number of hydrogen-bond donors (Lipinski definition) is 2. The second kappa shape index (κ2) is 27.8. The van der Waals surface area contributed by atoms with E-state index in [0.717, 1.165) is 38.5 Å². The molecule has 0 aromatic rings. The van der Waals surface area contributed by atoms with Crippen LogP contribution in [0.1, 0.15) is 85.0 Å². The van der Waals surface area contributed by atoms with Gasteiger partial charge in [0.2, 0.25) is 0 Å². The second-order valence-electron chi connectivity index (χ2n) is 7.66. The molecule has 0 aromatic heterocycles. The number of allylic oxidation sites excluding steroid dienone is 10. The van der Waals surface area contributed by atoms with Gasteiger partial charge in [0.05, 0.1) is 13.5 Å². The lowest BCUT2D eigenvalue weighted by atomic mass is 10.2. The van der Waals surface area contributed by atoms with Gasteiger partial charge in [0.15, 0.2) is 0 Å². The lowest BCUT2D eigenvalue weighted by molar-refractivity contribution is -0.633. The van der Waals surface area contributed by atoms with E-state index in [4.69, 9.17) is 4.74 Å². The molecule has 0 aliphatic carbocycles. The van der Waals surface area contributed by atoms with Gasteiger partial charge in [0, 0.05) is 6.42 Å². The predicted molar refractivity (Wildman–Crippen MR) is 139 cm³/mol. The fourth-order valence-electron chi connectivity index (χ4n) is 2.50. The largest absolute Gasteiger partial charge is 0.393 e. The maximum Gasteiger partial charge on any atom is 0.316 e. The highest BCUT2D eigenvalue weighted by atomic mass is 16.6. The Labute approximate surface area is 202 Å². The van der Waals surface area contributed by atoms with Gasteiger partial charge in [0.1, 0.15) is 12.6 Å². The van der Waals surface area contributed by atoms with Gasteiger partial charge in [-0.2, -0.15) is 0 Å². The van der Waals surface area contributed by atoms with Crippen molar-refractivity contribution < 1.29 is 24.7 Å². The smallest absolute Gasteiger partial charge is 0.316 e. The van der Waals surface area contributed by atoms with Gasteiger partial charge in [-0.3, -0.25) is 9.59 Å². The van der Waals surface area contributed by atoms with Gasteiger partial charge < -0.3 is 15.2 Å². The highest BCUT2D eigenvalue weighted by Crippen LogP contribution is 2.02. The standard InChI is InChI=1S/C25H39NO4.C3H8/c1-3-4-5-6-7-8-9-10-11-12-13-14-15-16-17-18-19-20-24(28)30-25(29)21-23(27)22-26-2;1-3-2/h4-5,7-8,10-11,13-14,16-17,23,26-27H,3,6,9,12,15,18-22H2,1-2H3;3H2,1-2H3/p+1/b5-4-,8-7-,11-10-,14-13-,17-16-;. The Hall–Kier alpha value is -2.24. The molecule has 0 aromatic carbocycles. The predicted octanol–water partition coefficient (Wildman–Crippen LogP) is 5.34. The molecule has 33 heavy (non-hydrogen) atoms. The zero-order valence-corrected chi connectivity index (χ0v) is 21.4. The van der Waals surface area contributed by atoms with Crippen LogP contribution >= 0.6 is 0 Å². The van der Waals surface area contributed by atoms with Crippen LogP contribution in [0.25, 0.3) is 0 Å². The van der Waals surface area contributed by atoms with Gasteiger partial charge in [-0.25, -0.2) is 0 Å². The summed E-state index contributed by atoms with van der Waals surface area (Å²) in [5, 5.41) is 11.3. The van der Waals surface area contributed by atoms with E-state index in [2.05, 4.69) is 75.5 Å². The number of unbranched alkanes of at least 4 members (excludes halogenated alkanes) is 1. The number of hydrogen-bond acceptors (Lipinski definition) is 4. The van der Waals surface area contributed by atoms with Gasteiger partial charge in [0.25, 0.3) is 0 Å². The van der Waals surface area contributed by atoms with Crippen molar-refractivity contribution in [2.24, 2.45) is 0 Å². The van der Waals surface area contributed by atoms with Crippen molar-refractivity contribution in [2.45, 2.75) is 91.1 Å². The molecular weight excluding hydrogens is 414 g/mol. The zero-order chi connectivity index (χ0) is 25.0. The number of likely N-dealkylation sites (N-methyl/N-ethyl adjacent to an activating group) is 1. The first-order valence-electron chi connectivity index (χ1n) is 12.5. The molecule has 0 saturated carbocycles. The molecule has 0 radical (unpaired) electrons. The maximum atomic E-state index is 11.6. The highest BCUT2D eigenvalue weighted by Gasteiger charge is 2.15. The number of aliphatic hydroxyl groups excluding tert-OH is 1. The molecule has 1 unspecified atom stereocenters. The molecule has 0 aliphatic rings. The first kappa shape index (κ1) is 32.9. The van der Waals surface area contributed by atoms with E-state index in [1.807, 2.05) is 6.08 Å². The molecule has 0 saturated heterocycles. The maximum absolute atomic E-state index is 11.6. The number of esters is 2. The van der Waals surface area contributed by atoms with Crippen molar-refractivity contribution >= 4 is 11.9 Å². The van der Waals surface area contributed by atoms with Crippen molar-refractivity contribution in [3.8, 4) is 0 Å². The van der Waals surface area contributed by atoms with Gasteiger partial charge in [-0.05, 0) is 44.9 Å². The summed E-state index contributed by atoms with van der Waals surface area (Å²) in [5.74, 6) is -1.19. The molecule has 0 fully saturated rings. The molecule has 3 N–H and O–H groups in total. The van der Waals surface area contributed by atoms with E-state index in [1.54, 1.807) is 12.4 Å². The summed E-state index contributed by atoms with van der Waals surface area (Å²) in [5.41, 5.74) is 0. The minimum atomic E-state index is -0.781. The van der Waals surface area contributed by atoms with Crippen molar-refractivity contribution in [2.75, 3.05) is 13.6 Å². The molecule has 0 aliphatic heterocycles. The zero-order valence-electron chi connectivity index (χ0n) is 21.4. The Kier molecular flexibility index (Phi) is 27.7. The molecule has 188 valence electrons. The van der Waals surface area contributed by atoms with Crippen molar-refractivity contribution in [3.63, 3.8) is 0 Å². The molecule has 0 spiro atoms. The van der Waals surface area contributed by atoms with E-state index in [-0.39, 0.29) is 12.8 Å². The number of carbonyl (C=O) groups excluding carboxylic acids is 2. The molecule has 0 rings (SSSR count). The van der Waals surface area contributed by atoms with Crippen LogP contribution in [0.5, 0.6) is 0 Å². The fraction of sp³-hybridized carbons (Fsp3) is 0.571. The normalized spacial score (nSPS) is 12.8. The van der Waals surface area contributed by atoms with Gasteiger partial charge in [-0.1, -0.05) is 88.0 Å². The van der Waals surface area contributed by atoms with Crippen LogP contribution in [-0.2, 0) is 14.3 Å². The number of carbonyl (C=O) groups is 2. The SMILES string of the molecule is CC/C=C\C/C=C\C/C=C\C/C=C\C/C=C\CCCC(=O)OC(=O)CC(O)C[NH2+]C.CCC. The summed E-state index contributed by atoms with van der Waals surface area (Å²) < 4.78 is 4.70. The molecular formula is C28H48NO4+. The molecule has 0 bridgehead atoms. The van der Waals surface area contributed by atoms with E-state index < -0.39 is 18.0 Å².